The molecule has 0 unspecified atom stereocenters. The molecule has 230 valence electrons. The van der Waals surface area contributed by atoms with Crippen molar-refractivity contribution in [2.24, 2.45) is 5.92 Å². The van der Waals surface area contributed by atoms with Gasteiger partial charge in [0.25, 0.3) is 0 Å². The number of sulfonamides is 1. The van der Waals surface area contributed by atoms with Crippen LogP contribution in [-0.4, -0.2) is 51.4 Å². The van der Waals surface area contributed by atoms with Crippen molar-refractivity contribution in [3.05, 3.63) is 78.8 Å². The molecule has 7 rings (SSSR count). The first-order valence-corrected chi connectivity index (χ1v) is 16.9. The zero-order valence-electron chi connectivity index (χ0n) is 24.8. The first-order chi connectivity index (χ1) is 21.8. The fraction of sp³-hybridized carbons (Fsp3) is 0.273. The van der Waals surface area contributed by atoms with Crippen molar-refractivity contribution in [3.63, 3.8) is 0 Å². The normalized spacial score (nSPS) is 14.4. The molecule has 1 saturated carbocycles. The Morgan fingerprint density at radius 3 is 2.58 bits per heavy atom. The molecule has 0 aliphatic heterocycles. The summed E-state index contributed by atoms with van der Waals surface area (Å²) in [7, 11) is -3.43. The number of nitrogens with one attached hydrogen (secondary N) is 4. The molecule has 1 aliphatic carbocycles. The van der Waals surface area contributed by atoms with Crippen LogP contribution in [-0.2, 0) is 16.6 Å². The van der Waals surface area contributed by atoms with Gasteiger partial charge in [-0.2, -0.15) is 5.10 Å². The van der Waals surface area contributed by atoms with E-state index in [2.05, 4.69) is 46.2 Å². The van der Waals surface area contributed by atoms with Crippen LogP contribution >= 0.6 is 0 Å². The number of benzene rings is 1. The second kappa shape index (κ2) is 12.0. The third-order valence-corrected chi connectivity index (χ3v) is 9.08. The molecular formula is C33H33FN8O2S. The maximum atomic E-state index is 14.6. The van der Waals surface area contributed by atoms with Crippen LogP contribution in [0.2, 0.25) is 0 Å². The lowest BCUT2D eigenvalue weighted by molar-refractivity contribution is 0.373. The number of aromatic amines is 2. The number of nitrogens with zero attached hydrogens (tertiary/aromatic N) is 4. The molecule has 0 saturated heterocycles. The number of fused-ring (bicyclic) bond motifs is 2. The van der Waals surface area contributed by atoms with Gasteiger partial charge < -0.3 is 10.3 Å². The number of halogens is 1. The first-order valence-electron chi connectivity index (χ1n) is 15.0. The van der Waals surface area contributed by atoms with Gasteiger partial charge in [-0.15, -0.1) is 0 Å². The van der Waals surface area contributed by atoms with Crippen molar-refractivity contribution < 1.29 is 12.8 Å². The van der Waals surface area contributed by atoms with E-state index in [1.807, 2.05) is 24.5 Å². The molecular weight excluding hydrogens is 591 g/mol. The van der Waals surface area contributed by atoms with Crippen molar-refractivity contribution in [2.75, 3.05) is 18.1 Å². The van der Waals surface area contributed by atoms with Crippen molar-refractivity contribution in [1.29, 1.82) is 0 Å². The van der Waals surface area contributed by atoms with E-state index in [-0.39, 0.29) is 6.54 Å². The summed E-state index contributed by atoms with van der Waals surface area (Å²) >= 11 is 0. The standard InChI is InChI=1S/C33H33FN8O2S/c1-45(43,44)39-14-21-7-22(9-24(34)8-21)28-17-36-18-31-26(28)11-30(40-31)33-27-12-29(38-19-32(27)41-42-33)23-10-25(16-35-15-23)37-13-20-5-3-2-4-6-20/h7-12,15-20,37,39-40H,2-6,13-14H2,1H3,(H,41,42). The molecule has 1 aliphatic rings. The molecule has 5 heterocycles. The topological polar surface area (TPSA) is 141 Å². The largest absolute Gasteiger partial charge is 0.384 e. The summed E-state index contributed by atoms with van der Waals surface area (Å²) in [5.41, 5.74) is 7.51. The van der Waals surface area contributed by atoms with E-state index in [1.54, 1.807) is 24.7 Å². The highest BCUT2D eigenvalue weighted by Crippen LogP contribution is 2.35. The van der Waals surface area contributed by atoms with Crippen molar-refractivity contribution in [1.82, 2.24) is 34.9 Å². The van der Waals surface area contributed by atoms with Gasteiger partial charge in [-0.1, -0.05) is 19.3 Å². The second-order valence-electron chi connectivity index (χ2n) is 11.8. The van der Waals surface area contributed by atoms with Crippen LogP contribution in [0.1, 0.15) is 37.7 Å². The number of pyridine rings is 3. The molecule has 12 heteroatoms. The molecule has 1 aromatic carbocycles. The van der Waals surface area contributed by atoms with Crippen LogP contribution in [0.5, 0.6) is 0 Å². The molecule has 45 heavy (non-hydrogen) atoms. The van der Waals surface area contributed by atoms with Gasteiger partial charge in [-0.3, -0.25) is 20.1 Å². The van der Waals surface area contributed by atoms with Gasteiger partial charge in [0.1, 0.15) is 11.5 Å². The highest BCUT2D eigenvalue weighted by Gasteiger charge is 2.17. The highest BCUT2D eigenvalue weighted by atomic mass is 32.2. The monoisotopic (exact) mass is 624 g/mol. The van der Waals surface area contributed by atoms with Crippen molar-refractivity contribution >= 4 is 37.5 Å². The Kier molecular flexibility index (Phi) is 7.76. The van der Waals surface area contributed by atoms with E-state index in [0.717, 1.165) is 57.2 Å². The molecule has 10 nitrogen and oxygen atoms in total. The number of rotatable bonds is 9. The smallest absolute Gasteiger partial charge is 0.209 e. The molecule has 6 aromatic rings. The number of hydrogen-bond acceptors (Lipinski definition) is 7. The average Bonchev–Trinajstić information content (AvgIpc) is 3.67. The minimum Gasteiger partial charge on any atom is -0.384 e. The summed E-state index contributed by atoms with van der Waals surface area (Å²) < 4.78 is 40.2. The van der Waals surface area contributed by atoms with E-state index < -0.39 is 15.8 Å². The summed E-state index contributed by atoms with van der Waals surface area (Å²) in [6.07, 6.45) is 16.4. The zero-order chi connectivity index (χ0) is 31.0. The van der Waals surface area contributed by atoms with Gasteiger partial charge in [0.05, 0.1) is 46.8 Å². The van der Waals surface area contributed by atoms with Crippen LogP contribution in [0, 0.1) is 11.7 Å². The molecule has 0 bridgehead atoms. The van der Waals surface area contributed by atoms with Crippen molar-refractivity contribution in [2.45, 2.75) is 38.6 Å². The Morgan fingerprint density at radius 1 is 0.889 bits per heavy atom. The zero-order valence-corrected chi connectivity index (χ0v) is 25.6. The van der Waals surface area contributed by atoms with Gasteiger partial charge in [0, 0.05) is 53.6 Å². The first kappa shape index (κ1) is 29.1. The summed E-state index contributed by atoms with van der Waals surface area (Å²) in [5.74, 6) is 0.240. The number of H-pyrrole nitrogens is 2. The Hall–Kier alpha value is -4.68. The third-order valence-electron chi connectivity index (χ3n) is 8.41. The summed E-state index contributed by atoms with van der Waals surface area (Å²) in [5, 5.41) is 13.0. The summed E-state index contributed by atoms with van der Waals surface area (Å²) in [4.78, 5) is 17.0. The lowest BCUT2D eigenvalue weighted by Crippen LogP contribution is -2.21. The molecule has 5 aromatic heterocycles. The quantitative estimate of drug-likeness (QED) is 0.146. The molecule has 4 N–H and O–H groups in total. The number of hydrogen-bond donors (Lipinski definition) is 4. The van der Waals surface area contributed by atoms with Crippen LogP contribution in [0.15, 0.2) is 67.4 Å². The molecule has 0 spiro atoms. The third kappa shape index (κ3) is 6.43. The minimum atomic E-state index is -3.43. The maximum Gasteiger partial charge on any atom is 0.209 e. The van der Waals surface area contributed by atoms with Gasteiger partial charge in [0.15, 0.2) is 0 Å². The van der Waals surface area contributed by atoms with Gasteiger partial charge in [0.2, 0.25) is 10.0 Å². The fourth-order valence-corrected chi connectivity index (χ4v) is 6.57. The highest BCUT2D eigenvalue weighted by molar-refractivity contribution is 7.88. The predicted molar refractivity (Wildman–Crippen MR) is 174 cm³/mol. The fourth-order valence-electron chi connectivity index (χ4n) is 6.14. The predicted octanol–water partition coefficient (Wildman–Crippen LogP) is 6.41. The van der Waals surface area contributed by atoms with Gasteiger partial charge >= 0.3 is 0 Å². The Morgan fingerprint density at radius 2 is 1.73 bits per heavy atom. The molecule has 1 fully saturated rings. The Bertz CT molecular complexity index is 2120. The van der Waals surface area contributed by atoms with Crippen LogP contribution in [0.25, 0.3) is 55.6 Å². The van der Waals surface area contributed by atoms with E-state index in [4.69, 9.17) is 0 Å². The minimum absolute atomic E-state index is 0.0178. The Balaban J connectivity index is 1.20. The molecule has 0 atom stereocenters. The van der Waals surface area contributed by atoms with Crippen molar-refractivity contribution in [3.8, 4) is 33.8 Å². The van der Waals surface area contributed by atoms with Crippen LogP contribution < -0.4 is 10.0 Å². The maximum absolute atomic E-state index is 14.6. The summed E-state index contributed by atoms with van der Waals surface area (Å²) in [6.45, 7) is 0.936. The van der Waals surface area contributed by atoms with Crippen LogP contribution in [0.3, 0.4) is 0 Å². The van der Waals surface area contributed by atoms with E-state index in [9.17, 15) is 12.8 Å². The Labute approximate surface area is 260 Å². The lowest BCUT2D eigenvalue weighted by Gasteiger charge is -2.22. The van der Waals surface area contributed by atoms with E-state index in [0.29, 0.717) is 28.3 Å². The van der Waals surface area contributed by atoms with Gasteiger partial charge in [-0.05, 0) is 66.3 Å². The number of aromatic nitrogens is 6. The molecule has 0 amide bonds. The molecule has 0 radical (unpaired) electrons. The van der Waals surface area contributed by atoms with Crippen LogP contribution in [0.4, 0.5) is 10.1 Å². The van der Waals surface area contributed by atoms with E-state index >= 15 is 0 Å². The second-order valence-corrected chi connectivity index (χ2v) is 13.6. The SMILES string of the molecule is CS(=O)(=O)NCc1cc(F)cc(-c2cncc3[nH]c(-c4n[nH]c5cnc(-c6cncc(NCC7CCCCC7)c6)cc45)cc23)c1. The number of anilines is 1. The average molecular weight is 625 g/mol. The summed E-state index contributed by atoms with van der Waals surface area (Å²) in [6, 6.07) is 10.6. The lowest BCUT2D eigenvalue weighted by atomic mass is 9.89. The van der Waals surface area contributed by atoms with E-state index in [1.165, 1.54) is 44.2 Å². The van der Waals surface area contributed by atoms with Gasteiger partial charge in [-0.25, -0.2) is 17.5 Å².